The van der Waals surface area contributed by atoms with E-state index in [-0.39, 0.29) is 0 Å². The molecule has 2 heteroatoms. The molecule has 0 amide bonds. The first-order valence-corrected chi connectivity index (χ1v) is 6.34. The second-order valence-electron chi connectivity index (χ2n) is 4.91. The number of carbonyl (C=O) groups excluding carboxylic acids is 1. The smallest absolute Gasteiger partial charge is 0.245 e. The highest BCUT2D eigenvalue weighted by Crippen LogP contribution is 2.15. The number of allylic oxidation sites excluding steroid dienone is 4. The van der Waals surface area contributed by atoms with Gasteiger partial charge in [-0.15, -0.1) is 0 Å². The first-order chi connectivity index (χ1) is 7.41. The monoisotopic (exact) mass is 242 g/mol. The summed E-state index contributed by atoms with van der Waals surface area (Å²) >= 11 is 5.25. The largest absolute Gasteiger partial charge is 0.276 e. The summed E-state index contributed by atoms with van der Waals surface area (Å²) < 4.78 is 0. The minimum atomic E-state index is -0.407. The van der Waals surface area contributed by atoms with Crippen LogP contribution in [0.4, 0.5) is 0 Å². The van der Waals surface area contributed by atoms with Crippen molar-refractivity contribution < 1.29 is 4.79 Å². The molecule has 92 valence electrons. The fourth-order valence-corrected chi connectivity index (χ4v) is 1.62. The van der Waals surface area contributed by atoms with Crippen molar-refractivity contribution >= 4 is 16.8 Å². The summed E-state index contributed by atoms with van der Waals surface area (Å²) in [6.45, 7) is 8.65. The van der Waals surface area contributed by atoms with Gasteiger partial charge in [0.25, 0.3) is 0 Å². The van der Waals surface area contributed by atoms with E-state index in [1.807, 2.05) is 13.0 Å². The van der Waals surface area contributed by atoms with Gasteiger partial charge in [0.05, 0.1) is 0 Å². The number of hydrogen-bond donors (Lipinski definition) is 0. The Morgan fingerprint density at radius 2 is 1.88 bits per heavy atom. The molecule has 0 aliphatic carbocycles. The van der Waals surface area contributed by atoms with Gasteiger partial charge in [0.1, 0.15) is 0 Å². The maximum Gasteiger partial charge on any atom is 0.245 e. The van der Waals surface area contributed by atoms with E-state index in [4.69, 9.17) is 11.6 Å². The lowest BCUT2D eigenvalue weighted by Gasteiger charge is -2.10. The third kappa shape index (κ3) is 9.97. The van der Waals surface area contributed by atoms with Gasteiger partial charge in [-0.25, -0.2) is 0 Å². The van der Waals surface area contributed by atoms with E-state index in [0.717, 1.165) is 17.9 Å². The summed E-state index contributed by atoms with van der Waals surface area (Å²) in [6.07, 6.45) is 9.14. The molecule has 1 nitrogen and oxygen atoms in total. The van der Waals surface area contributed by atoms with Gasteiger partial charge in [0.2, 0.25) is 5.24 Å². The zero-order valence-electron chi connectivity index (χ0n) is 10.8. The summed E-state index contributed by atoms with van der Waals surface area (Å²) in [6, 6.07) is 0. The molecule has 0 bridgehead atoms. The standard InChI is InChI=1S/C14H23ClO/c1-11(2)8-9-12(3)6-5-7-13(4)10-14(15)16/h5,7,10-12H,6,8-9H2,1-4H3/b7-5+,13-10+. The topological polar surface area (TPSA) is 17.1 Å². The molecular weight excluding hydrogens is 220 g/mol. The van der Waals surface area contributed by atoms with E-state index in [1.54, 1.807) is 0 Å². The van der Waals surface area contributed by atoms with Crippen LogP contribution in [0, 0.1) is 11.8 Å². The van der Waals surface area contributed by atoms with Crippen LogP contribution in [-0.2, 0) is 4.79 Å². The first kappa shape index (κ1) is 15.4. The molecule has 0 saturated heterocycles. The molecule has 0 N–H and O–H groups in total. The highest BCUT2D eigenvalue weighted by Gasteiger charge is 2.01. The minimum absolute atomic E-state index is 0.407. The van der Waals surface area contributed by atoms with E-state index in [0.29, 0.717) is 5.92 Å². The molecule has 1 unspecified atom stereocenters. The fourth-order valence-electron chi connectivity index (χ4n) is 1.45. The average Bonchev–Trinajstić information content (AvgIpc) is 2.13. The molecule has 0 aliphatic rings. The van der Waals surface area contributed by atoms with Gasteiger partial charge in [-0.1, -0.05) is 45.8 Å². The van der Waals surface area contributed by atoms with E-state index < -0.39 is 5.24 Å². The van der Waals surface area contributed by atoms with Crippen molar-refractivity contribution in [3.05, 3.63) is 23.8 Å². The van der Waals surface area contributed by atoms with Gasteiger partial charge in [-0.05, 0) is 42.4 Å². The van der Waals surface area contributed by atoms with Crippen LogP contribution in [0.15, 0.2) is 23.8 Å². The van der Waals surface area contributed by atoms with Gasteiger partial charge >= 0.3 is 0 Å². The minimum Gasteiger partial charge on any atom is -0.276 e. The molecule has 0 heterocycles. The molecule has 0 radical (unpaired) electrons. The van der Waals surface area contributed by atoms with Gasteiger partial charge in [0, 0.05) is 6.08 Å². The highest BCUT2D eigenvalue weighted by molar-refractivity contribution is 6.66. The Kier molecular flexibility index (Phi) is 8.28. The Morgan fingerprint density at radius 3 is 2.38 bits per heavy atom. The maximum absolute atomic E-state index is 10.6. The molecule has 0 aromatic heterocycles. The van der Waals surface area contributed by atoms with Crippen molar-refractivity contribution in [3.8, 4) is 0 Å². The van der Waals surface area contributed by atoms with Gasteiger partial charge in [-0.3, -0.25) is 4.79 Å². The lowest BCUT2D eigenvalue weighted by molar-refractivity contribution is -0.107. The molecular formula is C14H23ClO. The molecule has 1 atom stereocenters. The molecule has 0 aromatic carbocycles. The molecule has 0 spiro atoms. The Labute approximate surface area is 105 Å². The lowest BCUT2D eigenvalue weighted by Crippen LogP contribution is -1.96. The van der Waals surface area contributed by atoms with Crippen LogP contribution < -0.4 is 0 Å². The Balaban J connectivity index is 3.86. The summed E-state index contributed by atoms with van der Waals surface area (Å²) in [7, 11) is 0. The molecule has 16 heavy (non-hydrogen) atoms. The summed E-state index contributed by atoms with van der Waals surface area (Å²) in [5.41, 5.74) is 0.913. The van der Waals surface area contributed by atoms with Crippen molar-refractivity contribution in [3.63, 3.8) is 0 Å². The number of halogens is 1. The van der Waals surface area contributed by atoms with Crippen LogP contribution in [0.25, 0.3) is 0 Å². The zero-order chi connectivity index (χ0) is 12.6. The second kappa shape index (κ2) is 8.58. The van der Waals surface area contributed by atoms with Crippen molar-refractivity contribution in [2.45, 2.75) is 47.0 Å². The predicted molar refractivity (Wildman–Crippen MR) is 71.6 cm³/mol. The van der Waals surface area contributed by atoms with Gasteiger partial charge in [0.15, 0.2) is 0 Å². The van der Waals surface area contributed by atoms with Gasteiger partial charge < -0.3 is 0 Å². The number of carbonyl (C=O) groups is 1. The normalized spacial score (nSPS) is 14.8. The van der Waals surface area contributed by atoms with Crippen LogP contribution in [0.2, 0.25) is 0 Å². The molecule has 0 aliphatic heterocycles. The summed E-state index contributed by atoms with van der Waals surface area (Å²) in [4.78, 5) is 10.6. The van der Waals surface area contributed by atoms with Crippen molar-refractivity contribution in [2.75, 3.05) is 0 Å². The van der Waals surface area contributed by atoms with Gasteiger partial charge in [-0.2, -0.15) is 0 Å². The van der Waals surface area contributed by atoms with Crippen LogP contribution in [-0.4, -0.2) is 5.24 Å². The van der Waals surface area contributed by atoms with E-state index in [9.17, 15) is 4.79 Å². The SMILES string of the molecule is CC(/C=C/CC(C)CCC(C)C)=C\C(=O)Cl. The van der Waals surface area contributed by atoms with Crippen LogP contribution in [0.5, 0.6) is 0 Å². The fraction of sp³-hybridized carbons (Fsp3) is 0.643. The summed E-state index contributed by atoms with van der Waals surface area (Å²) in [5, 5.41) is -0.407. The Bertz CT molecular complexity index is 264. The average molecular weight is 243 g/mol. The molecule has 0 rings (SSSR count). The van der Waals surface area contributed by atoms with E-state index in [1.165, 1.54) is 18.9 Å². The second-order valence-corrected chi connectivity index (χ2v) is 5.28. The van der Waals surface area contributed by atoms with Crippen LogP contribution in [0.1, 0.15) is 47.0 Å². The van der Waals surface area contributed by atoms with Crippen LogP contribution >= 0.6 is 11.6 Å². The lowest BCUT2D eigenvalue weighted by atomic mass is 9.96. The van der Waals surface area contributed by atoms with E-state index in [2.05, 4.69) is 26.8 Å². The van der Waals surface area contributed by atoms with Crippen molar-refractivity contribution in [2.24, 2.45) is 11.8 Å². The zero-order valence-corrected chi connectivity index (χ0v) is 11.6. The van der Waals surface area contributed by atoms with Crippen molar-refractivity contribution in [1.29, 1.82) is 0 Å². The molecule has 0 aromatic rings. The first-order valence-electron chi connectivity index (χ1n) is 5.96. The van der Waals surface area contributed by atoms with Crippen LogP contribution in [0.3, 0.4) is 0 Å². The quantitative estimate of drug-likeness (QED) is 0.359. The van der Waals surface area contributed by atoms with E-state index >= 15 is 0 Å². The highest BCUT2D eigenvalue weighted by atomic mass is 35.5. The number of rotatable bonds is 7. The molecule has 0 saturated carbocycles. The third-order valence-electron chi connectivity index (χ3n) is 2.50. The summed E-state index contributed by atoms with van der Waals surface area (Å²) in [5.74, 6) is 1.49. The molecule has 0 fully saturated rings. The number of hydrogen-bond acceptors (Lipinski definition) is 1. The Hall–Kier alpha value is -0.560. The third-order valence-corrected chi connectivity index (χ3v) is 2.61. The Morgan fingerprint density at radius 1 is 1.25 bits per heavy atom. The maximum atomic E-state index is 10.6. The van der Waals surface area contributed by atoms with Crippen molar-refractivity contribution in [1.82, 2.24) is 0 Å². The predicted octanol–water partition coefficient (Wildman–Crippen LogP) is 4.72.